The molecule has 0 aliphatic carbocycles. The summed E-state index contributed by atoms with van der Waals surface area (Å²) in [4.78, 5) is 17.3. The summed E-state index contributed by atoms with van der Waals surface area (Å²) in [5, 5.41) is 6.85. The number of benzene rings is 8. The van der Waals surface area contributed by atoms with Gasteiger partial charge in [-0.1, -0.05) is 133 Å². The molecular weight excluding hydrogens is 637 g/mol. The molecule has 244 valence electrons. The number of rotatable bonds is 6. The lowest BCUT2D eigenvalue weighted by Crippen LogP contribution is -2.09. The van der Waals surface area contributed by atoms with Crippen LogP contribution in [-0.2, 0) is 0 Å². The first-order valence-electron chi connectivity index (χ1n) is 17.4. The van der Waals surface area contributed by atoms with Crippen molar-refractivity contribution in [1.29, 1.82) is 0 Å². The molecule has 5 heteroatoms. The molecule has 0 aliphatic rings. The van der Waals surface area contributed by atoms with E-state index in [1.807, 2.05) is 78.9 Å². The van der Waals surface area contributed by atoms with E-state index in [1.54, 1.807) is 0 Å². The van der Waals surface area contributed by atoms with Crippen LogP contribution in [0.5, 0.6) is 0 Å². The normalized spacial score (nSPS) is 11.5. The van der Waals surface area contributed by atoms with Gasteiger partial charge in [0, 0.05) is 50.6 Å². The van der Waals surface area contributed by atoms with Gasteiger partial charge >= 0.3 is 0 Å². The van der Waals surface area contributed by atoms with E-state index in [2.05, 4.69) is 108 Å². The molecule has 5 nitrogen and oxygen atoms in total. The van der Waals surface area contributed by atoms with Crippen LogP contribution in [-0.4, -0.2) is 15.0 Å². The molecular formula is C47H30N4O. The second-order valence-electron chi connectivity index (χ2n) is 12.9. The number of fused-ring (bicyclic) bond motifs is 6. The highest BCUT2D eigenvalue weighted by atomic mass is 16.3. The van der Waals surface area contributed by atoms with Crippen LogP contribution in [0.25, 0.3) is 77.6 Å². The first-order chi connectivity index (χ1) is 25.8. The van der Waals surface area contributed by atoms with Crippen LogP contribution in [0.15, 0.2) is 186 Å². The second kappa shape index (κ2) is 12.3. The molecule has 0 spiro atoms. The van der Waals surface area contributed by atoms with Crippen molar-refractivity contribution in [3.8, 4) is 34.2 Å². The van der Waals surface area contributed by atoms with Crippen LogP contribution in [0, 0.1) is 0 Å². The van der Waals surface area contributed by atoms with Crippen molar-refractivity contribution in [3.63, 3.8) is 0 Å². The van der Waals surface area contributed by atoms with Crippen LogP contribution in [0.3, 0.4) is 0 Å². The van der Waals surface area contributed by atoms with Crippen molar-refractivity contribution < 1.29 is 4.42 Å². The van der Waals surface area contributed by atoms with Crippen LogP contribution in [0.1, 0.15) is 0 Å². The first kappa shape index (κ1) is 29.8. The Bertz CT molecular complexity index is 2850. The van der Waals surface area contributed by atoms with Crippen LogP contribution in [0.4, 0.5) is 17.1 Å². The summed E-state index contributed by atoms with van der Waals surface area (Å²) in [6.45, 7) is 0. The first-order valence-corrected chi connectivity index (χ1v) is 17.4. The van der Waals surface area contributed by atoms with Gasteiger partial charge in [0.05, 0.1) is 0 Å². The number of hydrogen-bond donors (Lipinski definition) is 0. The maximum absolute atomic E-state index is 6.64. The fourth-order valence-corrected chi connectivity index (χ4v) is 7.22. The van der Waals surface area contributed by atoms with E-state index in [9.17, 15) is 0 Å². The molecule has 0 saturated heterocycles. The zero-order chi connectivity index (χ0) is 34.4. The van der Waals surface area contributed by atoms with Crippen LogP contribution < -0.4 is 4.90 Å². The molecule has 2 heterocycles. The molecule has 0 aliphatic heterocycles. The summed E-state index contributed by atoms with van der Waals surface area (Å²) < 4.78 is 6.64. The van der Waals surface area contributed by atoms with Crippen molar-refractivity contribution in [2.75, 3.05) is 4.90 Å². The number of furan rings is 1. The van der Waals surface area contributed by atoms with Gasteiger partial charge in [-0.2, -0.15) is 0 Å². The predicted octanol–water partition coefficient (Wildman–Crippen LogP) is 12.5. The summed E-state index contributed by atoms with van der Waals surface area (Å²) in [6.07, 6.45) is 0. The van der Waals surface area contributed by atoms with E-state index in [-0.39, 0.29) is 0 Å². The van der Waals surface area contributed by atoms with Crippen molar-refractivity contribution in [1.82, 2.24) is 15.0 Å². The molecule has 0 N–H and O–H groups in total. The molecule has 0 unspecified atom stereocenters. The highest BCUT2D eigenvalue weighted by molar-refractivity contribution is 6.13. The monoisotopic (exact) mass is 666 g/mol. The maximum Gasteiger partial charge on any atom is 0.164 e. The number of aromatic nitrogens is 3. The molecule has 0 atom stereocenters. The Labute approximate surface area is 300 Å². The fraction of sp³-hybridized carbons (Fsp3) is 0. The highest BCUT2D eigenvalue weighted by Gasteiger charge is 2.20. The predicted molar refractivity (Wildman–Crippen MR) is 213 cm³/mol. The van der Waals surface area contributed by atoms with Crippen molar-refractivity contribution in [2.45, 2.75) is 0 Å². The number of nitrogens with zero attached hydrogens (tertiary/aromatic N) is 4. The largest absolute Gasteiger partial charge is 0.456 e. The van der Waals surface area contributed by atoms with E-state index in [4.69, 9.17) is 19.4 Å². The Morgan fingerprint density at radius 2 is 0.942 bits per heavy atom. The summed E-state index contributed by atoms with van der Waals surface area (Å²) >= 11 is 0. The molecule has 2 aromatic heterocycles. The maximum atomic E-state index is 6.64. The van der Waals surface area contributed by atoms with Gasteiger partial charge in [-0.15, -0.1) is 0 Å². The SMILES string of the molecule is c1ccc(-c2nc(-c3ccccc3)nc(-c3cccc4oc5cc(N(c6ccccc6)c6ccc7ccc8ccccc8c7c6)ccc5c34)n2)cc1. The average molecular weight is 667 g/mol. The van der Waals surface area contributed by atoms with Crippen LogP contribution >= 0.6 is 0 Å². The summed E-state index contributed by atoms with van der Waals surface area (Å²) in [5.74, 6) is 1.84. The molecule has 10 rings (SSSR count). The molecule has 0 fully saturated rings. The van der Waals surface area contributed by atoms with Crippen molar-refractivity contribution in [3.05, 3.63) is 182 Å². The van der Waals surface area contributed by atoms with E-state index in [1.165, 1.54) is 21.5 Å². The van der Waals surface area contributed by atoms with Crippen LogP contribution in [0.2, 0.25) is 0 Å². The fourth-order valence-electron chi connectivity index (χ4n) is 7.22. The topological polar surface area (TPSA) is 55.1 Å². The van der Waals surface area contributed by atoms with Gasteiger partial charge in [-0.25, -0.2) is 15.0 Å². The Hall–Kier alpha value is -7.11. The summed E-state index contributed by atoms with van der Waals surface area (Å²) in [7, 11) is 0. The smallest absolute Gasteiger partial charge is 0.164 e. The van der Waals surface area contributed by atoms with Crippen molar-refractivity contribution >= 4 is 60.5 Å². The summed E-state index contributed by atoms with van der Waals surface area (Å²) in [5.41, 5.74) is 7.44. The van der Waals surface area contributed by atoms with E-state index in [0.29, 0.717) is 17.5 Å². The van der Waals surface area contributed by atoms with Gasteiger partial charge in [-0.3, -0.25) is 0 Å². The molecule has 52 heavy (non-hydrogen) atoms. The lowest BCUT2D eigenvalue weighted by molar-refractivity contribution is 0.669. The standard InChI is InChI=1S/C47H30N4O/c1-4-14-33(15-5-1)45-48-46(34-16-6-2-7-17-34)50-47(49-45)40-21-12-22-42-44(40)39-28-27-37(30-43(39)52-42)51(35-18-8-3-9-19-35)36-26-25-32-24-23-31-13-10-11-20-38(31)41(32)29-36/h1-30H. The minimum atomic E-state index is 0.597. The third kappa shape index (κ3) is 5.15. The van der Waals surface area contributed by atoms with Gasteiger partial charge in [-0.05, 0) is 64.0 Å². The Morgan fingerprint density at radius 1 is 0.365 bits per heavy atom. The average Bonchev–Trinajstić information content (AvgIpc) is 3.60. The Morgan fingerprint density at radius 3 is 1.67 bits per heavy atom. The molecule has 0 saturated carbocycles. The Balaban J connectivity index is 1.15. The van der Waals surface area contributed by atoms with Gasteiger partial charge in [0.15, 0.2) is 17.5 Å². The van der Waals surface area contributed by atoms with Gasteiger partial charge < -0.3 is 9.32 Å². The third-order valence-corrected chi connectivity index (χ3v) is 9.68. The lowest BCUT2D eigenvalue weighted by Gasteiger charge is -2.26. The summed E-state index contributed by atoms with van der Waals surface area (Å²) in [6, 6.07) is 62.8. The zero-order valence-corrected chi connectivity index (χ0v) is 28.0. The number of anilines is 3. The molecule has 8 aromatic carbocycles. The zero-order valence-electron chi connectivity index (χ0n) is 28.0. The molecule has 0 radical (unpaired) electrons. The minimum Gasteiger partial charge on any atom is -0.456 e. The Kier molecular flexibility index (Phi) is 7.07. The second-order valence-corrected chi connectivity index (χ2v) is 12.9. The number of hydrogen-bond acceptors (Lipinski definition) is 5. The quantitative estimate of drug-likeness (QED) is 0.165. The minimum absolute atomic E-state index is 0.597. The molecule has 0 amide bonds. The van der Waals surface area contributed by atoms with E-state index in [0.717, 1.165) is 55.7 Å². The van der Waals surface area contributed by atoms with E-state index < -0.39 is 0 Å². The van der Waals surface area contributed by atoms with Gasteiger partial charge in [0.1, 0.15) is 11.2 Å². The number of para-hydroxylation sites is 1. The lowest BCUT2D eigenvalue weighted by atomic mass is 10.0. The van der Waals surface area contributed by atoms with Gasteiger partial charge in [0.2, 0.25) is 0 Å². The molecule has 10 aromatic rings. The van der Waals surface area contributed by atoms with E-state index >= 15 is 0 Å². The highest BCUT2D eigenvalue weighted by Crippen LogP contribution is 2.42. The van der Waals surface area contributed by atoms with Gasteiger partial charge in [0.25, 0.3) is 0 Å². The van der Waals surface area contributed by atoms with Crippen molar-refractivity contribution in [2.24, 2.45) is 0 Å². The molecule has 0 bridgehead atoms. The third-order valence-electron chi connectivity index (χ3n) is 9.68.